The lowest BCUT2D eigenvalue weighted by Gasteiger charge is -2.08. The molecule has 2 rings (SSSR count). The highest BCUT2D eigenvalue weighted by Crippen LogP contribution is 2.29. The maximum atomic E-state index is 5.56. The van der Waals surface area contributed by atoms with Gasteiger partial charge in [0, 0.05) is 12.3 Å². The molecule has 1 heterocycles. The Kier molecular flexibility index (Phi) is 5.83. The fraction of sp³-hybridized carbons (Fsp3) is 0.867. The van der Waals surface area contributed by atoms with Gasteiger partial charge < -0.3 is 10.3 Å². The highest BCUT2D eigenvalue weighted by Gasteiger charge is 2.20. The molecule has 1 aromatic rings. The van der Waals surface area contributed by atoms with E-state index >= 15 is 0 Å². The highest BCUT2D eigenvalue weighted by atomic mass is 16.5. The summed E-state index contributed by atoms with van der Waals surface area (Å²) in [6.07, 6.45) is 10.8. The normalized spacial score (nSPS) is 19.3. The first kappa shape index (κ1) is 14.5. The first-order chi connectivity index (χ1) is 9.29. The molecule has 0 radical (unpaired) electrons. The summed E-state index contributed by atoms with van der Waals surface area (Å²) in [5, 5.41) is 4.19. The van der Waals surface area contributed by atoms with Crippen LogP contribution in [0.2, 0.25) is 0 Å². The van der Waals surface area contributed by atoms with Gasteiger partial charge in [-0.25, -0.2) is 0 Å². The lowest BCUT2D eigenvalue weighted by atomic mass is 10.00. The second-order valence-electron chi connectivity index (χ2n) is 5.96. The highest BCUT2D eigenvalue weighted by molar-refractivity contribution is 4.96. The molecule has 2 N–H and O–H groups in total. The molecule has 0 amide bonds. The second-order valence-corrected chi connectivity index (χ2v) is 5.96. The average Bonchev–Trinajstić information content (AvgIpc) is 2.71. The number of rotatable bonds is 6. The van der Waals surface area contributed by atoms with Gasteiger partial charge in [0.2, 0.25) is 5.89 Å². The van der Waals surface area contributed by atoms with E-state index in [1.807, 2.05) is 0 Å². The van der Waals surface area contributed by atoms with Gasteiger partial charge in [-0.15, -0.1) is 0 Å². The predicted octanol–water partition coefficient (Wildman–Crippen LogP) is 3.42. The Morgan fingerprint density at radius 1 is 1.21 bits per heavy atom. The molecule has 19 heavy (non-hydrogen) atoms. The van der Waals surface area contributed by atoms with Crippen LogP contribution in [-0.4, -0.2) is 16.7 Å². The van der Waals surface area contributed by atoms with E-state index in [0.29, 0.717) is 11.8 Å². The predicted molar refractivity (Wildman–Crippen MR) is 75.9 cm³/mol. The Bertz CT molecular complexity index is 356. The molecule has 0 aromatic carbocycles. The summed E-state index contributed by atoms with van der Waals surface area (Å²) in [4.78, 5) is 4.60. The first-order valence-corrected chi connectivity index (χ1v) is 7.82. The maximum Gasteiger partial charge on any atom is 0.226 e. The standard InChI is InChI=1S/C15H27N3O/c1-12(10-11-16)8-9-14-17-15(18-19-14)13-6-4-2-3-5-7-13/h12-13H,2-11,16H2,1H3. The molecule has 108 valence electrons. The molecule has 1 saturated carbocycles. The first-order valence-electron chi connectivity index (χ1n) is 7.82. The molecule has 1 atom stereocenters. The Morgan fingerprint density at radius 3 is 2.63 bits per heavy atom. The Hall–Kier alpha value is -0.900. The minimum atomic E-state index is 0.529. The Morgan fingerprint density at radius 2 is 1.95 bits per heavy atom. The van der Waals surface area contributed by atoms with E-state index in [1.165, 1.54) is 38.5 Å². The van der Waals surface area contributed by atoms with E-state index < -0.39 is 0 Å². The van der Waals surface area contributed by atoms with Crippen molar-refractivity contribution >= 4 is 0 Å². The van der Waals surface area contributed by atoms with Gasteiger partial charge in [0.05, 0.1) is 0 Å². The molecular weight excluding hydrogens is 238 g/mol. The zero-order chi connectivity index (χ0) is 13.5. The molecule has 0 saturated heterocycles. The zero-order valence-electron chi connectivity index (χ0n) is 12.1. The Labute approximate surface area is 116 Å². The van der Waals surface area contributed by atoms with Crippen molar-refractivity contribution in [3.8, 4) is 0 Å². The lowest BCUT2D eigenvalue weighted by Crippen LogP contribution is -2.06. The van der Waals surface area contributed by atoms with Crippen LogP contribution in [0.25, 0.3) is 0 Å². The SMILES string of the molecule is CC(CCN)CCc1nc(C2CCCCCC2)no1. The van der Waals surface area contributed by atoms with Crippen LogP contribution in [0.4, 0.5) is 0 Å². The van der Waals surface area contributed by atoms with Crippen LogP contribution in [0.5, 0.6) is 0 Å². The molecule has 1 unspecified atom stereocenters. The number of aromatic nitrogens is 2. The largest absolute Gasteiger partial charge is 0.339 e. The van der Waals surface area contributed by atoms with Gasteiger partial charge in [-0.2, -0.15) is 4.98 Å². The van der Waals surface area contributed by atoms with Crippen molar-refractivity contribution in [2.24, 2.45) is 11.7 Å². The number of hydrogen-bond acceptors (Lipinski definition) is 4. The summed E-state index contributed by atoms with van der Waals surface area (Å²) in [7, 11) is 0. The third-order valence-electron chi connectivity index (χ3n) is 4.21. The van der Waals surface area contributed by atoms with Crippen LogP contribution in [0.15, 0.2) is 4.52 Å². The molecule has 0 bridgehead atoms. The van der Waals surface area contributed by atoms with E-state index in [-0.39, 0.29) is 0 Å². The quantitative estimate of drug-likeness (QED) is 0.800. The smallest absolute Gasteiger partial charge is 0.226 e. The maximum absolute atomic E-state index is 5.56. The fourth-order valence-electron chi connectivity index (χ4n) is 2.87. The molecule has 1 aliphatic rings. The van der Waals surface area contributed by atoms with Crippen molar-refractivity contribution in [2.75, 3.05) is 6.54 Å². The van der Waals surface area contributed by atoms with Crippen LogP contribution in [0.1, 0.15) is 75.9 Å². The van der Waals surface area contributed by atoms with Crippen molar-refractivity contribution in [2.45, 2.75) is 70.6 Å². The van der Waals surface area contributed by atoms with Gasteiger partial charge in [-0.1, -0.05) is 37.8 Å². The minimum Gasteiger partial charge on any atom is -0.339 e. The third-order valence-corrected chi connectivity index (χ3v) is 4.21. The van der Waals surface area contributed by atoms with Gasteiger partial charge in [0.15, 0.2) is 5.82 Å². The summed E-state index contributed by atoms with van der Waals surface area (Å²) < 4.78 is 5.39. The average molecular weight is 265 g/mol. The lowest BCUT2D eigenvalue weighted by molar-refractivity contribution is 0.354. The summed E-state index contributed by atoms with van der Waals surface area (Å²) in [6.45, 7) is 2.99. The van der Waals surface area contributed by atoms with E-state index in [4.69, 9.17) is 10.3 Å². The molecule has 0 aliphatic heterocycles. The molecule has 1 fully saturated rings. The second kappa shape index (κ2) is 7.63. The summed E-state index contributed by atoms with van der Waals surface area (Å²) >= 11 is 0. The van der Waals surface area contributed by atoms with Gasteiger partial charge >= 0.3 is 0 Å². The van der Waals surface area contributed by atoms with Crippen LogP contribution in [0, 0.1) is 5.92 Å². The van der Waals surface area contributed by atoms with Crippen LogP contribution in [0.3, 0.4) is 0 Å². The van der Waals surface area contributed by atoms with E-state index in [9.17, 15) is 0 Å². The molecular formula is C15H27N3O. The summed E-state index contributed by atoms with van der Waals surface area (Å²) in [5.74, 6) is 2.92. The van der Waals surface area contributed by atoms with Crippen molar-refractivity contribution in [3.05, 3.63) is 11.7 Å². The van der Waals surface area contributed by atoms with Crippen molar-refractivity contribution < 1.29 is 4.52 Å². The van der Waals surface area contributed by atoms with Crippen LogP contribution in [-0.2, 0) is 6.42 Å². The molecule has 1 aliphatic carbocycles. The van der Waals surface area contributed by atoms with Crippen LogP contribution >= 0.6 is 0 Å². The van der Waals surface area contributed by atoms with Gasteiger partial charge in [-0.05, 0) is 38.1 Å². The number of nitrogens with two attached hydrogens (primary N) is 1. The van der Waals surface area contributed by atoms with E-state index in [0.717, 1.165) is 37.5 Å². The third kappa shape index (κ3) is 4.60. The molecule has 0 spiro atoms. The Balaban J connectivity index is 1.84. The minimum absolute atomic E-state index is 0.529. The van der Waals surface area contributed by atoms with E-state index in [1.54, 1.807) is 0 Å². The zero-order valence-corrected chi connectivity index (χ0v) is 12.1. The van der Waals surface area contributed by atoms with Crippen LogP contribution < -0.4 is 5.73 Å². The van der Waals surface area contributed by atoms with Crippen molar-refractivity contribution in [1.29, 1.82) is 0 Å². The van der Waals surface area contributed by atoms with Gasteiger partial charge in [0.1, 0.15) is 0 Å². The van der Waals surface area contributed by atoms with E-state index in [2.05, 4.69) is 17.1 Å². The monoisotopic (exact) mass is 265 g/mol. The number of aryl methyl sites for hydroxylation is 1. The number of nitrogens with zero attached hydrogens (tertiary/aromatic N) is 2. The van der Waals surface area contributed by atoms with Gasteiger partial charge in [-0.3, -0.25) is 0 Å². The van der Waals surface area contributed by atoms with Crippen molar-refractivity contribution in [1.82, 2.24) is 10.1 Å². The fourth-order valence-corrected chi connectivity index (χ4v) is 2.87. The molecule has 1 aromatic heterocycles. The number of hydrogen-bond donors (Lipinski definition) is 1. The topological polar surface area (TPSA) is 64.9 Å². The molecule has 4 heteroatoms. The summed E-state index contributed by atoms with van der Waals surface area (Å²) in [6, 6.07) is 0. The van der Waals surface area contributed by atoms with Crippen molar-refractivity contribution in [3.63, 3.8) is 0 Å². The molecule has 4 nitrogen and oxygen atoms in total. The summed E-state index contributed by atoms with van der Waals surface area (Å²) in [5.41, 5.74) is 5.56. The van der Waals surface area contributed by atoms with Gasteiger partial charge in [0.25, 0.3) is 0 Å².